The molecule has 10 heteroatoms. The molecule has 2 aromatic heterocycles. The normalized spacial score (nSPS) is 21.4. The second-order valence-corrected chi connectivity index (χ2v) is 11.3. The van der Waals surface area contributed by atoms with E-state index in [-0.39, 0.29) is 6.54 Å². The Morgan fingerprint density at radius 1 is 1.22 bits per heavy atom. The summed E-state index contributed by atoms with van der Waals surface area (Å²) in [5, 5.41) is 1.34. The number of fused-ring (bicyclic) bond motifs is 1. The van der Waals surface area contributed by atoms with Crippen molar-refractivity contribution in [3.8, 4) is 11.1 Å². The first-order valence-electron chi connectivity index (χ1n) is 10.8. The smallest absolute Gasteiger partial charge is 0.209 e. The van der Waals surface area contributed by atoms with Gasteiger partial charge in [0.15, 0.2) is 0 Å². The number of nitrogens with one attached hydrogen (secondary N) is 1. The molecule has 1 aromatic carbocycles. The molecule has 1 aliphatic carbocycles. The number of anilines is 1. The molecule has 3 heterocycles. The fourth-order valence-electron chi connectivity index (χ4n) is 4.73. The topological polar surface area (TPSA) is 106 Å². The second-order valence-electron chi connectivity index (χ2n) is 8.99. The molecular formula is C22H27ClN6O2S. The first-order chi connectivity index (χ1) is 15.3. The molecule has 2 fully saturated rings. The summed E-state index contributed by atoms with van der Waals surface area (Å²) in [5.41, 5.74) is 9.66. The minimum atomic E-state index is -3.31. The van der Waals surface area contributed by atoms with E-state index in [0.29, 0.717) is 16.9 Å². The molecule has 1 saturated heterocycles. The molecule has 0 amide bonds. The first-order valence-corrected chi connectivity index (χ1v) is 13.1. The monoisotopic (exact) mass is 474 g/mol. The quantitative estimate of drug-likeness (QED) is 0.545. The molecule has 5 rings (SSSR count). The number of benzene rings is 1. The minimum Gasteiger partial charge on any atom is -0.383 e. The predicted molar refractivity (Wildman–Crippen MR) is 127 cm³/mol. The van der Waals surface area contributed by atoms with Crippen LogP contribution in [0.3, 0.4) is 0 Å². The number of likely N-dealkylation sites (tertiary alicyclic amines) is 1. The van der Waals surface area contributed by atoms with Gasteiger partial charge in [0.05, 0.1) is 11.6 Å². The van der Waals surface area contributed by atoms with Gasteiger partial charge in [-0.15, -0.1) is 0 Å². The summed E-state index contributed by atoms with van der Waals surface area (Å²) in [5.74, 6) is 1.15. The van der Waals surface area contributed by atoms with Crippen molar-refractivity contribution in [3.63, 3.8) is 0 Å². The number of nitrogens with zero attached hydrogens (tertiary/aromatic N) is 4. The fraction of sp³-hybridized carbons (Fsp3) is 0.455. The molecule has 170 valence electrons. The number of nitrogens with two attached hydrogens (primary N) is 1. The lowest BCUT2D eigenvalue weighted by Crippen LogP contribution is -2.43. The molecule has 0 spiro atoms. The van der Waals surface area contributed by atoms with Gasteiger partial charge >= 0.3 is 0 Å². The zero-order chi connectivity index (χ0) is 22.5. The minimum absolute atomic E-state index is 0.165. The van der Waals surface area contributed by atoms with Gasteiger partial charge in [-0.1, -0.05) is 11.6 Å². The maximum absolute atomic E-state index is 11.5. The van der Waals surface area contributed by atoms with E-state index in [1.54, 1.807) is 6.07 Å². The third kappa shape index (κ3) is 4.34. The summed E-state index contributed by atoms with van der Waals surface area (Å²) in [6.07, 6.45) is 8.32. The Kier molecular flexibility index (Phi) is 5.61. The Bertz CT molecular complexity index is 1260. The summed E-state index contributed by atoms with van der Waals surface area (Å²) in [4.78, 5) is 11.3. The summed E-state index contributed by atoms with van der Waals surface area (Å²) < 4.78 is 27.8. The number of sulfonamides is 1. The van der Waals surface area contributed by atoms with Crippen molar-refractivity contribution in [2.45, 2.75) is 31.8 Å². The van der Waals surface area contributed by atoms with Gasteiger partial charge in [0.1, 0.15) is 17.8 Å². The predicted octanol–water partition coefficient (Wildman–Crippen LogP) is 3.04. The lowest BCUT2D eigenvalue weighted by Gasteiger charge is -2.42. The highest BCUT2D eigenvalue weighted by molar-refractivity contribution is 7.88. The number of nitrogen functional groups attached to an aromatic ring is 1. The van der Waals surface area contributed by atoms with Crippen LogP contribution in [0.5, 0.6) is 0 Å². The molecular weight excluding hydrogens is 448 g/mol. The number of halogens is 1. The molecule has 0 atom stereocenters. The maximum Gasteiger partial charge on any atom is 0.209 e. The lowest BCUT2D eigenvalue weighted by atomic mass is 9.79. The van der Waals surface area contributed by atoms with E-state index in [1.807, 2.05) is 12.1 Å². The molecule has 0 radical (unpaired) electrons. The van der Waals surface area contributed by atoms with Crippen LogP contribution in [0.2, 0.25) is 5.02 Å². The number of aromatic nitrogens is 3. The SMILES string of the molecule is CS(=O)(=O)NCc1cc(Cl)cc(-c2cn([C@H]3C[C@@H](CN4CCC4)C3)c3ncnc(N)c23)c1. The highest BCUT2D eigenvalue weighted by Gasteiger charge is 2.34. The second kappa shape index (κ2) is 8.30. The van der Waals surface area contributed by atoms with Crippen LogP contribution >= 0.6 is 11.6 Å². The standard InChI is InChI=1S/C22H27ClN6O2S/c1-32(30,31)27-10-14-5-16(9-17(23)6-14)19-12-29(22-20(19)21(24)25-13-26-22)18-7-15(8-18)11-28-3-2-4-28/h5-6,9,12-13,15,18,27H,2-4,7-8,10-11H2,1H3,(H2,24,25,26)/t15-,18+. The van der Waals surface area contributed by atoms with Gasteiger partial charge in [-0.05, 0) is 67.6 Å². The summed E-state index contributed by atoms with van der Waals surface area (Å²) in [7, 11) is -3.31. The van der Waals surface area contributed by atoms with Crippen molar-refractivity contribution in [2.75, 3.05) is 31.6 Å². The van der Waals surface area contributed by atoms with Crippen LogP contribution in [0.25, 0.3) is 22.2 Å². The van der Waals surface area contributed by atoms with Gasteiger partial charge in [-0.2, -0.15) is 0 Å². The molecule has 3 aromatic rings. The van der Waals surface area contributed by atoms with E-state index in [2.05, 4.69) is 30.4 Å². The molecule has 1 saturated carbocycles. The Morgan fingerprint density at radius 3 is 2.69 bits per heavy atom. The van der Waals surface area contributed by atoms with Crippen LogP contribution in [0, 0.1) is 5.92 Å². The largest absolute Gasteiger partial charge is 0.383 e. The Hall–Kier alpha value is -2.20. The third-order valence-electron chi connectivity index (χ3n) is 6.52. The van der Waals surface area contributed by atoms with Crippen LogP contribution in [-0.2, 0) is 16.6 Å². The van der Waals surface area contributed by atoms with Crippen LogP contribution in [0.4, 0.5) is 5.82 Å². The lowest BCUT2D eigenvalue weighted by molar-refractivity contribution is 0.0921. The van der Waals surface area contributed by atoms with E-state index in [4.69, 9.17) is 17.3 Å². The van der Waals surface area contributed by atoms with E-state index in [9.17, 15) is 8.42 Å². The average molecular weight is 475 g/mol. The van der Waals surface area contributed by atoms with Gasteiger partial charge in [0, 0.05) is 35.9 Å². The zero-order valence-electron chi connectivity index (χ0n) is 18.0. The van der Waals surface area contributed by atoms with Crippen molar-refractivity contribution >= 4 is 38.5 Å². The summed E-state index contributed by atoms with van der Waals surface area (Å²) >= 11 is 6.38. The number of hydrogen-bond donors (Lipinski definition) is 2. The molecule has 8 nitrogen and oxygen atoms in total. The molecule has 0 unspecified atom stereocenters. The Balaban J connectivity index is 1.47. The maximum atomic E-state index is 11.5. The van der Waals surface area contributed by atoms with Gasteiger partial charge in [-0.25, -0.2) is 23.1 Å². The molecule has 0 bridgehead atoms. The van der Waals surface area contributed by atoms with E-state index < -0.39 is 10.0 Å². The van der Waals surface area contributed by atoms with Crippen LogP contribution in [-0.4, -0.2) is 53.7 Å². The molecule has 2 aliphatic rings. The van der Waals surface area contributed by atoms with Crippen LogP contribution < -0.4 is 10.5 Å². The number of rotatable bonds is 7. The summed E-state index contributed by atoms with van der Waals surface area (Å²) in [6, 6.07) is 5.94. The third-order valence-corrected chi connectivity index (χ3v) is 7.40. The van der Waals surface area contributed by atoms with Gasteiger partial charge < -0.3 is 15.2 Å². The Labute approximate surface area is 192 Å². The highest BCUT2D eigenvalue weighted by Crippen LogP contribution is 2.43. The van der Waals surface area contributed by atoms with Crippen molar-refractivity contribution < 1.29 is 8.42 Å². The van der Waals surface area contributed by atoms with Gasteiger partial charge in [0.25, 0.3) is 0 Å². The van der Waals surface area contributed by atoms with Gasteiger partial charge in [-0.3, -0.25) is 0 Å². The van der Waals surface area contributed by atoms with Crippen molar-refractivity contribution in [1.82, 2.24) is 24.2 Å². The average Bonchev–Trinajstić information content (AvgIpc) is 3.04. The first kappa shape index (κ1) is 21.6. The van der Waals surface area contributed by atoms with Crippen molar-refractivity contribution in [2.24, 2.45) is 5.92 Å². The summed E-state index contributed by atoms with van der Waals surface area (Å²) in [6.45, 7) is 3.81. The molecule has 3 N–H and O–H groups in total. The van der Waals surface area contributed by atoms with Crippen molar-refractivity contribution in [3.05, 3.63) is 41.3 Å². The molecule has 1 aliphatic heterocycles. The van der Waals surface area contributed by atoms with Gasteiger partial charge in [0.2, 0.25) is 10.0 Å². The van der Waals surface area contributed by atoms with Crippen molar-refractivity contribution in [1.29, 1.82) is 0 Å². The van der Waals surface area contributed by atoms with E-state index in [0.717, 1.165) is 52.7 Å². The highest BCUT2D eigenvalue weighted by atomic mass is 35.5. The van der Waals surface area contributed by atoms with Crippen LogP contribution in [0.15, 0.2) is 30.7 Å². The van der Waals surface area contributed by atoms with E-state index >= 15 is 0 Å². The molecule has 32 heavy (non-hydrogen) atoms. The fourth-order valence-corrected chi connectivity index (χ4v) is 5.42. The Morgan fingerprint density at radius 2 is 2.00 bits per heavy atom. The van der Waals surface area contributed by atoms with E-state index in [1.165, 1.54) is 32.4 Å². The van der Waals surface area contributed by atoms with Crippen LogP contribution in [0.1, 0.15) is 30.9 Å². The zero-order valence-corrected chi connectivity index (χ0v) is 19.5. The number of hydrogen-bond acceptors (Lipinski definition) is 6.